The quantitative estimate of drug-likeness (QED) is 0.463. The van der Waals surface area contributed by atoms with E-state index in [-0.39, 0.29) is 65.2 Å². The molecular formula is C33H45NO8. The summed E-state index contributed by atoms with van der Waals surface area (Å²) in [6.45, 7) is 5.90. The highest BCUT2D eigenvalue weighted by atomic mass is 16.6. The lowest BCUT2D eigenvalue weighted by Gasteiger charge is -2.69. The van der Waals surface area contributed by atoms with Crippen molar-refractivity contribution in [3.05, 3.63) is 35.9 Å². The zero-order valence-electron chi connectivity index (χ0n) is 25.4. The summed E-state index contributed by atoms with van der Waals surface area (Å²) in [5.41, 5.74) is -1.21. The van der Waals surface area contributed by atoms with Crippen molar-refractivity contribution in [2.45, 2.75) is 75.6 Å². The molecule has 1 aromatic rings. The van der Waals surface area contributed by atoms with Crippen LogP contribution in [0, 0.1) is 40.4 Å². The van der Waals surface area contributed by atoms with E-state index in [1.165, 1.54) is 6.92 Å². The number of hydrogen-bond acceptors (Lipinski definition) is 9. The van der Waals surface area contributed by atoms with Gasteiger partial charge in [0.15, 0.2) is 0 Å². The normalized spacial score (nSPS) is 48.1. The topological polar surface area (TPSA) is 104 Å². The van der Waals surface area contributed by atoms with Crippen molar-refractivity contribution in [2.24, 2.45) is 40.4 Å². The van der Waals surface area contributed by atoms with Crippen molar-refractivity contribution in [1.82, 2.24) is 4.90 Å². The number of ether oxygens (including phenoxy) is 5. The molecule has 0 aromatic heterocycles. The van der Waals surface area contributed by atoms with Crippen LogP contribution in [-0.4, -0.2) is 99.0 Å². The van der Waals surface area contributed by atoms with Gasteiger partial charge >= 0.3 is 11.9 Å². The summed E-state index contributed by atoms with van der Waals surface area (Å²) in [5, 5.41) is 12.3. The third-order valence-electron chi connectivity index (χ3n) is 12.6. The van der Waals surface area contributed by atoms with Crippen LogP contribution in [0.25, 0.3) is 0 Å². The average Bonchev–Trinajstić information content (AvgIpc) is 3.41. The molecule has 9 heteroatoms. The summed E-state index contributed by atoms with van der Waals surface area (Å²) in [5.74, 6) is -1.34. The monoisotopic (exact) mass is 583 g/mol. The van der Waals surface area contributed by atoms with E-state index in [1.54, 1.807) is 33.5 Å². The Balaban J connectivity index is 1.45. The first-order chi connectivity index (χ1) is 20.2. The second-order valence-electron chi connectivity index (χ2n) is 13.9. The Morgan fingerprint density at radius 3 is 2.48 bits per heavy atom. The largest absolute Gasteiger partial charge is 0.458 e. The van der Waals surface area contributed by atoms with E-state index in [4.69, 9.17) is 23.7 Å². The minimum absolute atomic E-state index is 0.0183. The summed E-state index contributed by atoms with van der Waals surface area (Å²) in [4.78, 5) is 29.2. The second kappa shape index (κ2) is 9.99. The second-order valence-corrected chi connectivity index (χ2v) is 13.9. The fraction of sp³-hybridized carbons (Fsp3) is 0.758. The van der Waals surface area contributed by atoms with Crippen LogP contribution >= 0.6 is 0 Å². The van der Waals surface area contributed by atoms with Crippen molar-refractivity contribution in [2.75, 3.05) is 41.0 Å². The minimum Gasteiger partial charge on any atom is -0.458 e. The number of aliphatic hydroxyl groups is 1. The lowest BCUT2D eigenvalue weighted by Crippen LogP contribution is -2.76. The maximum atomic E-state index is 13.6. The number of methoxy groups -OCH3 is 3. The molecular weight excluding hydrogens is 538 g/mol. The third kappa shape index (κ3) is 3.43. The Hall–Kier alpha value is -2.04. The van der Waals surface area contributed by atoms with Crippen molar-refractivity contribution >= 4 is 11.9 Å². The van der Waals surface area contributed by atoms with E-state index in [9.17, 15) is 14.7 Å². The fourth-order valence-corrected chi connectivity index (χ4v) is 12.0. The van der Waals surface area contributed by atoms with Gasteiger partial charge in [0.05, 0.1) is 30.5 Å². The molecule has 0 radical (unpaired) electrons. The number of piperidine rings is 1. The maximum Gasteiger partial charge on any atom is 0.338 e. The van der Waals surface area contributed by atoms with Gasteiger partial charge in [-0.2, -0.15) is 0 Å². The van der Waals surface area contributed by atoms with Crippen LogP contribution < -0.4 is 0 Å². The molecule has 42 heavy (non-hydrogen) atoms. The molecule has 0 unspecified atom stereocenters. The Morgan fingerprint density at radius 2 is 1.83 bits per heavy atom. The van der Waals surface area contributed by atoms with Crippen LogP contribution in [-0.2, 0) is 28.5 Å². The van der Waals surface area contributed by atoms with Gasteiger partial charge in [0, 0.05) is 81.8 Å². The number of hydrogen-bond donors (Lipinski definition) is 1. The number of aliphatic hydroxyl groups excluding tert-OH is 1. The van der Waals surface area contributed by atoms with Gasteiger partial charge in [-0.3, -0.25) is 9.69 Å². The number of carbonyl (C=O) groups is 2. The predicted molar refractivity (Wildman–Crippen MR) is 151 cm³/mol. The number of likely N-dealkylation sites (tertiary alicyclic amines) is 1. The number of rotatable bonds is 8. The zero-order chi connectivity index (χ0) is 29.6. The summed E-state index contributed by atoms with van der Waals surface area (Å²) in [6.07, 6.45) is 1.17. The van der Waals surface area contributed by atoms with Crippen LogP contribution in [0.5, 0.6) is 0 Å². The van der Waals surface area contributed by atoms with Gasteiger partial charge < -0.3 is 28.8 Å². The van der Waals surface area contributed by atoms with Crippen molar-refractivity contribution in [1.29, 1.82) is 0 Å². The van der Waals surface area contributed by atoms with E-state index in [2.05, 4.69) is 11.8 Å². The molecule has 1 heterocycles. The number of nitrogens with zero attached hydrogens (tertiary/aromatic N) is 1. The molecule has 6 fully saturated rings. The molecule has 5 saturated carbocycles. The summed E-state index contributed by atoms with van der Waals surface area (Å²) < 4.78 is 31.8. The van der Waals surface area contributed by atoms with E-state index < -0.39 is 23.2 Å². The molecule has 6 aliphatic rings. The van der Waals surface area contributed by atoms with Crippen LogP contribution in [0.1, 0.15) is 49.9 Å². The Labute approximate surface area is 248 Å². The van der Waals surface area contributed by atoms with Gasteiger partial charge in [0.25, 0.3) is 0 Å². The Morgan fingerprint density at radius 1 is 1.07 bits per heavy atom. The van der Waals surface area contributed by atoms with Gasteiger partial charge in [0.1, 0.15) is 11.7 Å². The van der Waals surface area contributed by atoms with E-state index in [1.807, 2.05) is 18.2 Å². The fourth-order valence-electron chi connectivity index (χ4n) is 12.0. The van der Waals surface area contributed by atoms with Crippen LogP contribution in [0.4, 0.5) is 0 Å². The lowest BCUT2D eigenvalue weighted by atomic mass is 9.43. The van der Waals surface area contributed by atoms with Gasteiger partial charge in [-0.1, -0.05) is 25.1 Å². The first kappa shape index (κ1) is 28.7. The van der Waals surface area contributed by atoms with Gasteiger partial charge in [-0.15, -0.1) is 0 Å². The standard InChI is InChI=1S/C33H45NO8/c1-6-34-16-31(17-38-3)13-12-23(36)33-21-14-20-22(39-4)15-32(42-18(2)35,25(29(33)34)27(40-5)28(31)33)24(21)26(20)41-30(37)19-10-8-7-9-11-19/h7-11,20-29,36H,6,12-17H2,1-5H3/t20-,21-,22+,23+,24-,25+,26+,27+,28-,29-,31+,32-,33+/m1/s1. The summed E-state index contributed by atoms with van der Waals surface area (Å²) >= 11 is 0. The van der Waals surface area contributed by atoms with Gasteiger partial charge in [-0.05, 0) is 43.9 Å². The number of carbonyl (C=O) groups excluding carboxylic acids is 2. The van der Waals surface area contributed by atoms with Crippen LogP contribution in [0.3, 0.4) is 0 Å². The molecule has 1 saturated heterocycles. The number of esters is 2. The van der Waals surface area contributed by atoms with Gasteiger partial charge in [-0.25, -0.2) is 4.79 Å². The highest BCUT2D eigenvalue weighted by molar-refractivity contribution is 5.89. The van der Waals surface area contributed by atoms with Crippen LogP contribution in [0.15, 0.2) is 30.3 Å². The highest BCUT2D eigenvalue weighted by Gasteiger charge is 2.87. The van der Waals surface area contributed by atoms with Crippen molar-refractivity contribution in [3.63, 3.8) is 0 Å². The van der Waals surface area contributed by atoms with E-state index in [0.717, 1.165) is 25.9 Å². The molecule has 0 amide bonds. The summed E-state index contributed by atoms with van der Waals surface area (Å²) in [7, 11) is 5.23. The first-order valence-corrected chi connectivity index (χ1v) is 15.7. The van der Waals surface area contributed by atoms with Crippen molar-refractivity contribution in [3.8, 4) is 0 Å². The van der Waals surface area contributed by atoms with E-state index >= 15 is 0 Å². The zero-order valence-corrected chi connectivity index (χ0v) is 25.4. The molecule has 7 rings (SSSR count). The van der Waals surface area contributed by atoms with Crippen LogP contribution in [0.2, 0.25) is 0 Å². The SMILES string of the molecule is CCN1C[C@]2(COC)CC[C@H](O)[C@@]34[C@@H]5C[C@H]6[C@H](OC(=O)c7ccccc7)[C@@H]5[C@](OC(C)=O)(C[C@@H]6OC)[C@@H]([C@H](OC)[C@H]23)[C@@H]14. The molecule has 1 aromatic carbocycles. The number of fused-ring (bicyclic) bond motifs is 2. The molecule has 1 spiro atoms. The molecule has 5 aliphatic carbocycles. The summed E-state index contributed by atoms with van der Waals surface area (Å²) in [6, 6.07) is 9.02. The Bertz CT molecular complexity index is 1230. The predicted octanol–water partition coefficient (Wildman–Crippen LogP) is 2.94. The molecule has 230 valence electrons. The molecule has 9 nitrogen and oxygen atoms in total. The molecule has 7 bridgehead atoms. The highest BCUT2D eigenvalue weighted by Crippen LogP contribution is 2.80. The Kier molecular flexibility index (Phi) is 6.83. The lowest BCUT2D eigenvalue weighted by molar-refractivity contribution is -0.276. The maximum absolute atomic E-state index is 13.6. The molecule has 1 N–H and O–H groups in total. The smallest absolute Gasteiger partial charge is 0.338 e. The first-order valence-electron chi connectivity index (χ1n) is 15.7. The molecule has 13 atom stereocenters. The minimum atomic E-state index is -0.976. The van der Waals surface area contributed by atoms with Gasteiger partial charge in [0.2, 0.25) is 0 Å². The number of benzene rings is 1. The van der Waals surface area contributed by atoms with E-state index in [0.29, 0.717) is 25.0 Å². The molecule has 1 aliphatic heterocycles. The average molecular weight is 584 g/mol. The van der Waals surface area contributed by atoms with Crippen molar-refractivity contribution < 1.29 is 38.4 Å². The third-order valence-corrected chi connectivity index (χ3v) is 12.6.